The van der Waals surface area contributed by atoms with Crippen LogP contribution in [0.1, 0.15) is 37.7 Å². The Balaban J connectivity index is 2.06. The Morgan fingerprint density at radius 2 is 1.95 bits per heavy atom. The molecule has 0 saturated heterocycles. The molecule has 3 nitrogen and oxygen atoms in total. The molecule has 1 aromatic rings. The van der Waals surface area contributed by atoms with Gasteiger partial charge in [0.2, 0.25) is 5.91 Å². The van der Waals surface area contributed by atoms with Gasteiger partial charge in [-0.15, -0.1) is 0 Å². The first-order valence-electron chi connectivity index (χ1n) is 6.88. The minimum absolute atomic E-state index is 0.0109. The van der Waals surface area contributed by atoms with Gasteiger partial charge in [-0.3, -0.25) is 4.79 Å². The molecule has 0 unspecified atom stereocenters. The fraction of sp³-hybridized carbons (Fsp3) is 0.467. The van der Waals surface area contributed by atoms with Crippen LogP contribution in [0.4, 0.5) is 4.39 Å². The zero-order valence-corrected chi connectivity index (χ0v) is 12.1. The van der Waals surface area contributed by atoms with Crippen molar-refractivity contribution in [1.29, 1.82) is 0 Å². The molecule has 0 atom stereocenters. The van der Waals surface area contributed by atoms with Crippen molar-refractivity contribution in [2.24, 2.45) is 5.73 Å². The van der Waals surface area contributed by atoms with E-state index in [1.807, 2.05) is 0 Å². The first kappa shape index (κ1) is 14.9. The minimum Gasteiger partial charge on any atom is -0.391 e. The predicted molar refractivity (Wildman–Crippen MR) is 80.8 cm³/mol. The highest BCUT2D eigenvalue weighted by Crippen LogP contribution is 2.28. The van der Waals surface area contributed by atoms with E-state index in [9.17, 15) is 9.18 Å². The first-order chi connectivity index (χ1) is 9.53. The van der Waals surface area contributed by atoms with Gasteiger partial charge in [-0.05, 0) is 24.5 Å². The normalized spacial score (nSPS) is 17.4. The van der Waals surface area contributed by atoms with Crippen LogP contribution >= 0.6 is 12.2 Å². The number of carbonyl (C=O) groups is 1. The lowest BCUT2D eigenvalue weighted by atomic mass is 9.81. The third-order valence-corrected chi connectivity index (χ3v) is 4.26. The number of thiocarbonyl (C=S) groups is 1. The van der Waals surface area contributed by atoms with Gasteiger partial charge >= 0.3 is 0 Å². The Morgan fingerprint density at radius 1 is 1.30 bits per heavy atom. The summed E-state index contributed by atoms with van der Waals surface area (Å²) in [5.41, 5.74) is 5.62. The Bertz CT molecular complexity index is 512. The van der Waals surface area contributed by atoms with Crippen LogP contribution in [-0.4, -0.2) is 16.4 Å². The van der Waals surface area contributed by atoms with E-state index in [2.05, 4.69) is 5.32 Å². The molecule has 20 heavy (non-hydrogen) atoms. The van der Waals surface area contributed by atoms with Crippen LogP contribution in [0.5, 0.6) is 0 Å². The summed E-state index contributed by atoms with van der Waals surface area (Å²) in [7, 11) is 0. The van der Waals surface area contributed by atoms with Crippen LogP contribution in [-0.2, 0) is 11.2 Å². The van der Waals surface area contributed by atoms with Crippen molar-refractivity contribution < 1.29 is 9.18 Å². The maximum atomic E-state index is 13.6. The van der Waals surface area contributed by atoms with Crippen LogP contribution in [0.25, 0.3) is 0 Å². The molecule has 108 valence electrons. The van der Waals surface area contributed by atoms with Gasteiger partial charge in [0.15, 0.2) is 0 Å². The molecule has 0 aliphatic heterocycles. The second kappa shape index (κ2) is 6.31. The summed E-state index contributed by atoms with van der Waals surface area (Å²) in [6.07, 6.45) is 4.68. The fourth-order valence-electron chi connectivity index (χ4n) is 2.71. The van der Waals surface area contributed by atoms with Gasteiger partial charge in [0.1, 0.15) is 5.82 Å². The van der Waals surface area contributed by atoms with Crippen molar-refractivity contribution >= 4 is 23.1 Å². The summed E-state index contributed by atoms with van der Waals surface area (Å²) in [6.45, 7) is 0. The van der Waals surface area contributed by atoms with Crippen LogP contribution in [0, 0.1) is 5.82 Å². The molecule has 2 rings (SSSR count). The van der Waals surface area contributed by atoms with E-state index in [1.165, 1.54) is 6.07 Å². The number of hydrogen-bond acceptors (Lipinski definition) is 2. The third-order valence-electron chi connectivity index (χ3n) is 3.87. The average Bonchev–Trinajstić information content (AvgIpc) is 2.42. The summed E-state index contributed by atoms with van der Waals surface area (Å²) < 4.78 is 13.6. The predicted octanol–water partition coefficient (Wildman–Crippen LogP) is 2.47. The summed E-state index contributed by atoms with van der Waals surface area (Å²) in [5, 5.41) is 2.94. The second-order valence-electron chi connectivity index (χ2n) is 5.32. The number of nitrogens with one attached hydrogen (secondary N) is 1. The number of hydrogen-bond donors (Lipinski definition) is 2. The molecule has 0 radical (unpaired) electrons. The van der Waals surface area contributed by atoms with Gasteiger partial charge in [-0.2, -0.15) is 0 Å². The highest BCUT2D eigenvalue weighted by molar-refractivity contribution is 7.80. The summed E-state index contributed by atoms with van der Waals surface area (Å²) in [6, 6.07) is 6.29. The van der Waals surface area contributed by atoms with E-state index in [1.54, 1.807) is 18.2 Å². The number of benzene rings is 1. The average molecular weight is 294 g/mol. The molecule has 0 heterocycles. The topological polar surface area (TPSA) is 55.1 Å². The monoisotopic (exact) mass is 294 g/mol. The smallest absolute Gasteiger partial charge is 0.225 e. The highest BCUT2D eigenvalue weighted by atomic mass is 32.1. The summed E-state index contributed by atoms with van der Waals surface area (Å²) in [5.74, 6) is -0.597. The minimum atomic E-state index is -0.587. The Labute approximate surface area is 123 Å². The van der Waals surface area contributed by atoms with Gasteiger partial charge in [-0.25, -0.2) is 4.39 Å². The van der Waals surface area contributed by atoms with Crippen LogP contribution in [0.2, 0.25) is 0 Å². The van der Waals surface area contributed by atoms with Crippen molar-refractivity contribution in [3.63, 3.8) is 0 Å². The largest absolute Gasteiger partial charge is 0.391 e. The van der Waals surface area contributed by atoms with E-state index in [4.69, 9.17) is 18.0 Å². The molecule has 1 aliphatic rings. The molecule has 1 aromatic carbocycles. The maximum absolute atomic E-state index is 13.6. The zero-order valence-electron chi connectivity index (χ0n) is 11.3. The molecule has 0 spiro atoms. The summed E-state index contributed by atoms with van der Waals surface area (Å²) in [4.78, 5) is 12.5. The number of amides is 1. The SMILES string of the molecule is NC(=S)C1(NC(=O)Cc2ccccc2F)CCCCC1. The Kier molecular flexibility index (Phi) is 4.70. The summed E-state index contributed by atoms with van der Waals surface area (Å²) >= 11 is 5.13. The Morgan fingerprint density at radius 3 is 2.55 bits per heavy atom. The third kappa shape index (κ3) is 3.33. The van der Waals surface area contributed by atoms with Gasteiger partial charge in [0.25, 0.3) is 0 Å². The molecule has 5 heteroatoms. The number of carbonyl (C=O) groups excluding carboxylic acids is 1. The molecule has 1 saturated carbocycles. The van der Waals surface area contributed by atoms with Crippen LogP contribution in [0.15, 0.2) is 24.3 Å². The Hall–Kier alpha value is -1.49. The quantitative estimate of drug-likeness (QED) is 0.839. The van der Waals surface area contributed by atoms with Crippen molar-refractivity contribution in [3.8, 4) is 0 Å². The van der Waals surface area contributed by atoms with Crippen molar-refractivity contribution in [1.82, 2.24) is 5.32 Å². The lowest BCUT2D eigenvalue weighted by Gasteiger charge is -2.37. The zero-order chi connectivity index (χ0) is 14.6. The van der Waals surface area contributed by atoms with Gasteiger partial charge in [0, 0.05) is 0 Å². The second-order valence-corrected chi connectivity index (χ2v) is 5.76. The molecule has 1 aliphatic carbocycles. The molecule has 0 aromatic heterocycles. The lowest BCUT2D eigenvalue weighted by molar-refractivity contribution is -0.122. The molecule has 3 N–H and O–H groups in total. The molecule has 1 amide bonds. The van der Waals surface area contributed by atoms with E-state index < -0.39 is 5.54 Å². The van der Waals surface area contributed by atoms with Gasteiger partial charge < -0.3 is 11.1 Å². The van der Waals surface area contributed by atoms with Crippen molar-refractivity contribution in [2.75, 3.05) is 0 Å². The number of halogens is 1. The molecule has 1 fully saturated rings. The molecular weight excluding hydrogens is 275 g/mol. The van der Waals surface area contributed by atoms with Gasteiger partial charge in [-0.1, -0.05) is 49.7 Å². The van der Waals surface area contributed by atoms with Crippen molar-refractivity contribution in [3.05, 3.63) is 35.6 Å². The van der Waals surface area contributed by atoms with Gasteiger partial charge in [0.05, 0.1) is 16.9 Å². The lowest BCUT2D eigenvalue weighted by Crippen LogP contribution is -2.58. The maximum Gasteiger partial charge on any atom is 0.225 e. The van der Waals surface area contributed by atoms with E-state index in [0.29, 0.717) is 10.6 Å². The molecular formula is C15H19FN2OS. The molecule has 0 bridgehead atoms. The van der Waals surface area contributed by atoms with E-state index in [0.717, 1.165) is 32.1 Å². The fourth-order valence-corrected chi connectivity index (χ4v) is 2.97. The van der Waals surface area contributed by atoms with Crippen LogP contribution < -0.4 is 11.1 Å². The van der Waals surface area contributed by atoms with E-state index >= 15 is 0 Å². The number of nitrogens with two attached hydrogens (primary N) is 1. The standard InChI is InChI=1S/C15H19FN2OS/c16-12-7-3-2-6-11(12)10-13(19)18-15(14(17)20)8-4-1-5-9-15/h2-3,6-7H,1,4-5,8-10H2,(H2,17,20)(H,18,19). The highest BCUT2D eigenvalue weighted by Gasteiger charge is 2.36. The first-order valence-corrected chi connectivity index (χ1v) is 7.29. The van der Waals surface area contributed by atoms with E-state index in [-0.39, 0.29) is 18.1 Å². The van der Waals surface area contributed by atoms with Crippen molar-refractivity contribution in [2.45, 2.75) is 44.1 Å². The van der Waals surface area contributed by atoms with Crippen LogP contribution in [0.3, 0.4) is 0 Å². The number of rotatable bonds is 4.